The molecule has 0 bridgehead atoms. The summed E-state index contributed by atoms with van der Waals surface area (Å²) in [7, 11) is 0. The van der Waals surface area contributed by atoms with E-state index >= 15 is 0 Å². The van der Waals surface area contributed by atoms with Crippen LogP contribution in [0.3, 0.4) is 0 Å². The van der Waals surface area contributed by atoms with Crippen molar-refractivity contribution in [3.8, 4) is 0 Å². The second kappa shape index (κ2) is 3.36. The molecule has 0 amide bonds. The van der Waals surface area contributed by atoms with Crippen molar-refractivity contribution < 1.29 is 0 Å². The van der Waals surface area contributed by atoms with Gasteiger partial charge >= 0.3 is 0 Å². The summed E-state index contributed by atoms with van der Waals surface area (Å²) >= 11 is 0. The van der Waals surface area contributed by atoms with E-state index in [0.717, 1.165) is 12.8 Å². The monoisotopic (exact) mass is 167 g/mol. The zero-order valence-electron chi connectivity index (χ0n) is 8.12. The Labute approximate surface area is 73.8 Å². The Bertz CT molecular complexity index is 196. The van der Waals surface area contributed by atoms with Crippen molar-refractivity contribution in [1.29, 1.82) is 0 Å². The fourth-order valence-corrected chi connectivity index (χ4v) is 2.63. The van der Waals surface area contributed by atoms with Crippen LogP contribution in [0.5, 0.6) is 0 Å². The topological polar surface area (TPSA) is 48.8 Å². The lowest BCUT2D eigenvalue weighted by Crippen LogP contribution is -2.32. The minimum atomic E-state index is -0.119. The lowest BCUT2D eigenvalue weighted by molar-refractivity contribution is 0.198. The molecule has 1 unspecified atom stereocenters. The van der Waals surface area contributed by atoms with E-state index in [0.29, 0.717) is 11.8 Å². The summed E-state index contributed by atoms with van der Waals surface area (Å²) in [6.07, 6.45) is 3.36. The molecule has 3 nitrogen and oxygen atoms in total. The first kappa shape index (κ1) is 9.40. The quantitative estimate of drug-likeness (QED) is 0.326. The molecular weight excluding hydrogens is 150 g/mol. The molecule has 1 rings (SSSR count). The lowest BCUT2D eigenvalue weighted by Gasteiger charge is -2.36. The number of hydrogen-bond acceptors (Lipinski definition) is 1. The molecule has 0 aromatic heterocycles. The van der Waals surface area contributed by atoms with E-state index in [1.54, 1.807) is 0 Å². The summed E-state index contributed by atoms with van der Waals surface area (Å²) in [6.45, 7) is 6.54. The predicted octanol–water partition coefficient (Wildman–Crippen LogP) is 3.51. The van der Waals surface area contributed by atoms with Crippen LogP contribution in [0.1, 0.15) is 40.0 Å². The van der Waals surface area contributed by atoms with E-state index < -0.39 is 0 Å². The third-order valence-corrected chi connectivity index (χ3v) is 2.67. The molecule has 1 saturated carbocycles. The van der Waals surface area contributed by atoms with Gasteiger partial charge in [0, 0.05) is 10.5 Å². The van der Waals surface area contributed by atoms with Crippen LogP contribution >= 0.6 is 0 Å². The van der Waals surface area contributed by atoms with Crippen LogP contribution in [0.4, 0.5) is 0 Å². The summed E-state index contributed by atoms with van der Waals surface area (Å²) in [5, 5.41) is 3.90. The first-order valence-electron chi connectivity index (χ1n) is 4.62. The molecule has 0 N–H and O–H groups in total. The highest BCUT2D eigenvalue weighted by atomic mass is 15.2. The van der Waals surface area contributed by atoms with Gasteiger partial charge in [-0.05, 0) is 36.6 Å². The van der Waals surface area contributed by atoms with Gasteiger partial charge in [0.2, 0.25) is 0 Å². The standard InChI is InChI=1S/C9H17N3/c1-7-4-8(2)6-9(3,5-7)11-12-10/h7-8H,4-6H2,1-3H3/t7-,8+,9?. The molecule has 3 heteroatoms. The molecule has 0 radical (unpaired) electrons. The maximum atomic E-state index is 8.41. The minimum Gasteiger partial charge on any atom is -0.0875 e. The second-order valence-corrected chi connectivity index (χ2v) is 4.54. The molecule has 0 spiro atoms. The molecule has 1 aliphatic carbocycles. The third kappa shape index (κ3) is 2.15. The van der Waals surface area contributed by atoms with Gasteiger partial charge in [-0.25, -0.2) is 0 Å². The molecule has 1 aliphatic rings. The van der Waals surface area contributed by atoms with Crippen molar-refractivity contribution in [2.75, 3.05) is 0 Å². The van der Waals surface area contributed by atoms with Gasteiger partial charge in [-0.15, -0.1) is 0 Å². The van der Waals surface area contributed by atoms with Crippen LogP contribution in [0.15, 0.2) is 5.11 Å². The van der Waals surface area contributed by atoms with E-state index in [1.807, 2.05) is 0 Å². The van der Waals surface area contributed by atoms with Crippen molar-refractivity contribution in [1.82, 2.24) is 0 Å². The third-order valence-electron chi connectivity index (χ3n) is 2.67. The van der Waals surface area contributed by atoms with E-state index in [1.165, 1.54) is 6.42 Å². The molecule has 0 aliphatic heterocycles. The van der Waals surface area contributed by atoms with Gasteiger partial charge in [-0.3, -0.25) is 0 Å². The maximum absolute atomic E-state index is 8.41. The SMILES string of the molecule is C[C@@H]1C[C@H](C)CC(C)(N=[N+]=[N-])C1. The van der Waals surface area contributed by atoms with Crippen LogP contribution < -0.4 is 0 Å². The van der Waals surface area contributed by atoms with Gasteiger partial charge in [-0.1, -0.05) is 25.9 Å². The minimum absolute atomic E-state index is 0.119. The summed E-state index contributed by atoms with van der Waals surface area (Å²) < 4.78 is 0. The molecule has 0 aromatic rings. The molecule has 0 saturated heterocycles. The van der Waals surface area contributed by atoms with Gasteiger partial charge in [0.1, 0.15) is 0 Å². The highest BCUT2D eigenvalue weighted by Crippen LogP contribution is 2.38. The van der Waals surface area contributed by atoms with E-state index in [2.05, 4.69) is 30.8 Å². The number of hydrogen-bond donors (Lipinski definition) is 0. The van der Waals surface area contributed by atoms with E-state index in [-0.39, 0.29) is 5.54 Å². The summed E-state index contributed by atoms with van der Waals surface area (Å²) in [5.74, 6) is 1.40. The highest BCUT2D eigenvalue weighted by molar-refractivity contribution is 4.91. The Hall–Kier alpha value is -0.690. The highest BCUT2D eigenvalue weighted by Gasteiger charge is 2.32. The average molecular weight is 167 g/mol. The lowest BCUT2D eigenvalue weighted by atomic mass is 9.73. The largest absolute Gasteiger partial charge is 0.0875 e. The van der Waals surface area contributed by atoms with Crippen molar-refractivity contribution in [3.05, 3.63) is 10.4 Å². The van der Waals surface area contributed by atoms with Gasteiger partial charge in [0.25, 0.3) is 0 Å². The van der Waals surface area contributed by atoms with E-state index in [4.69, 9.17) is 5.53 Å². The Morgan fingerprint density at radius 1 is 1.33 bits per heavy atom. The van der Waals surface area contributed by atoms with E-state index in [9.17, 15) is 0 Å². The van der Waals surface area contributed by atoms with Crippen molar-refractivity contribution >= 4 is 0 Å². The summed E-state index contributed by atoms with van der Waals surface area (Å²) in [5.41, 5.74) is 8.30. The van der Waals surface area contributed by atoms with Gasteiger partial charge in [0.15, 0.2) is 0 Å². The first-order chi connectivity index (χ1) is 5.56. The van der Waals surface area contributed by atoms with Crippen LogP contribution in [0.25, 0.3) is 10.4 Å². The zero-order valence-corrected chi connectivity index (χ0v) is 8.12. The van der Waals surface area contributed by atoms with Gasteiger partial charge < -0.3 is 0 Å². The zero-order chi connectivity index (χ0) is 9.19. The normalized spacial score (nSPS) is 41.9. The fourth-order valence-electron chi connectivity index (χ4n) is 2.63. The molecule has 1 fully saturated rings. The van der Waals surface area contributed by atoms with Crippen molar-refractivity contribution in [2.24, 2.45) is 17.0 Å². The maximum Gasteiger partial charge on any atom is 0.0465 e. The Kier molecular flexibility index (Phi) is 2.63. The predicted molar refractivity (Wildman–Crippen MR) is 49.7 cm³/mol. The van der Waals surface area contributed by atoms with Gasteiger partial charge in [-0.2, -0.15) is 0 Å². The number of azide groups is 1. The van der Waals surface area contributed by atoms with Crippen molar-refractivity contribution in [2.45, 2.75) is 45.6 Å². The molecular formula is C9H17N3. The number of rotatable bonds is 1. The average Bonchev–Trinajstić information content (AvgIpc) is 1.82. The molecule has 12 heavy (non-hydrogen) atoms. The summed E-state index contributed by atoms with van der Waals surface area (Å²) in [4.78, 5) is 2.92. The van der Waals surface area contributed by atoms with Crippen LogP contribution in [0, 0.1) is 11.8 Å². The Morgan fingerprint density at radius 3 is 2.25 bits per heavy atom. The van der Waals surface area contributed by atoms with Crippen LogP contribution in [-0.2, 0) is 0 Å². The number of nitrogens with zero attached hydrogens (tertiary/aromatic N) is 3. The van der Waals surface area contributed by atoms with Gasteiger partial charge in [0.05, 0.1) is 0 Å². The molecule has 3 atom stereocenters. The second-order valence-electron chi connectivity index (χ2n) is 4.54. The molecule has 0 aromatic carbocycles. The fraction of sp³-hybridized carbons (Fsp3) is 1.00. The van der Waals surface area contributed by atoms with Crippen molar-refractivity contribution in [3.63, 3.8) is 0 Å². The molecule has 0 heterocycles. The Balaban J connectivity index is 2.71. The smallest absolute Gasteiger partial charge is 0.0465 e. The van der Waals surface area contributed by atoms with Crippen LogP contribution in [-0.4, -0.2) is 5.54 Å². The Morgan fingerprint density at radius 2 is 1.83 bits per heavy atom. The summed E-state index contributed by atoms with van der Waals surface area (Å²) in [6, 6.07) is 0. The van der Waals surface area contributed by atoms with Crippen LogP contribution in [0.2, 0.25) is 0 Å². The first-order valence-corrected chi connectivity index (χ1v) is 4.62. The molecule has 68 valence electrons.